The van der Waals surface area contributed by atoms with E-state index in [1.165, 1.54) is 19.3 Å². The lowest BCUT2D eigenvalue weighted by Gasteiger charge is -2.47. The van der Waals surface area contributed by atoms with Crippen LogP contribution in [0.1, 0.15) is 40.0 Å². The van der Waals surface area contributed by atoms with Crippen LogP contribution in [0.4, 0.5) is 0 Å². The third-order valence-electron chi connectivity index (χ3n) is 4.19. The predicted octanol–water partition coefficient (Wildman–Crippen LogP) is 2.50. The molecule has 0 saturated carbocycles. The molecule has 2 aliphatic rings. The number of hydrogen-bond acceptors (Lipinski definition) is 2. The number of hydrogen-bond donors (Lipinski definition) is 1. The second kappa shape index (κ2) is 3.91. The predicted molar refractivity (Wildman–Crippen MR) is 62.9 cm³/mol. The molecule has 1 spiro atoms. The van der Waals surface area contributed by atoms with Crippen LogP contribution in [-0.2, 0) is 4.74 Å². The fraction of sp³-hybridized carbons (Fsp3) is 0.846. The zero-order valence-electron chi connectivity index (χ0n) is 10.2. The molecule has 2 nitrogen and oxygen atoms in total. The summed E-state index contributed by atoms with van der Waals surface area (Å²) in [4.78, 5) is 0. The maximum absolute atomic E-state index is 5.40. The van der Waals surface area contributed by atoms with Crippen LogP contribution in [0, 0.1) is 5.41 Å². The third kappa shape index (κ3) is 1.64. The molecule has 2 aliphatic heterocycles. The minimum atomic E-state index is 0.208. The highest BCUT2D eigenvalue weighted by molar-refractivity contribution is 5.35. The van der Waals surface area contributed by atoms with Crippen molar-refractivity contribution < 1.29 is 4.74 Å². The number of nitrogens with one attached hydrogen (secondary N) is 1. The topological polar surface area (TPSA) is 21.3 Å². The summed E-state index contributed by atoms with van der Waals surface area (Å²) in [7, 11) is 0. The molecule has 0 radical (unpaired) electrons. The Balaban J connectivity index is 2.20. The zero-order valence-corrected chi connectivity index (χ0v) is 10.2. The van der Waals surface area contributed by atoms with Crippen LogP contribution in [0.15, 0.2) is 11.6 Å². The summed E-state index contributed by atoms with van der Waals surface area (Å²) >= 11 is 0. The maximum Gasteiger partial charge on any atom is 0.0876 e. The molecule has 86 valence electrons. The summed E-state index contributed by atoms with van der Waals surface area (Å²) in [6, 6.07) is 0. The molecule has 1 saturated heterocycles. The Kier molecular flexibility index (Phi) is 2.91. The van der Waals surface area contributed by atoms with Gasteiger partial charge < -0.3 is 10.1 Å². The molecule has 0 amide bonds. The fourth-order valence-electron chi connectivity index (χ4n) is 3.08. The maximum atomic E-state index is 5.40. The van der Waals surface area contributed by atoms with Crippen molar-refractivity contribution in [1.82, 2.24) is 5.32 Å². The first-order chi connectivity index (χ1) is 7.17. The fourth-order valence-corrected chi connectivity index (χ4v) is 3.08. The first-order valence-corrected chi connectivity index (χ1v) is 6.21. The van der Waals surface area contributed by atoms with E-state index in [1.807, 2.05) is 0 Å². The van der Waals surface area contributed by atoms with E-state index >= 15 is 0 Å². The summed E-state index contributed by atoms with van der Waals surface area (Å²) in [5, 5.41) is 3.60. The highest BCUT2D eigenvalue weighted by Gasteiger charge is 2.49. The summed E-state index contributed by atoms with van der Waals surface area (Å²) in [6.45, 7) is 9.77. The molecule has 2 rings (SSSR count). The van der Waals surface area contributed by atoms with Crippen LogP contribution in [0.25, 0.3) is 0 Å². The third-order valence-corrected chi connectivity index (χ3v) is 4.19. The van der Waals surface area contributed by atoms with Gasteiger partial charge in [0.2, 0.25) is 0 Å². The van der Waals surface area contributed by atoms with E-state index in [9.17, 15) is 0 Å². The van der Waals surface area contributed by atoms with E-state index in [0.717, 1.165) is 19.8 Å². The van der Waals surface area contributed by atoms with Gasteiger partial charge in [-0.3, -0.25) is 0 Å². The van der Waals surface area contributed by atoms with Gasteiger partial charge in [-0.15, -0.1) is 0 Å². The Labute approximate surface area is 93.1 Å². The Morgan fingerprint density at radius 1 is 1.47 bits per heavy atom. The summed E-state index contributed by atoms with van der Waals surface area (Å²) < 4.78 is 5.40. The highest BCUT2D eigenvalue weighted by Crippen LogP contribution is 2.45. The lowest BCUT2D eigenvalue weighted by atomic mass is 9.68. The van der Waals surface area contributed by atoms with Gasteiger partial charge in [0, 0.05) is 6.54 Å². The zero-order chi connectivity index (χ0) is 10.9. The second-order valence-electron chi connectivity index (χ2n) is 5.24. The van der Waals surface area contributed by atoms with Gasteiger partial charge in [0.1, 0.15) is 0 Å². The average Bonchev–Trinajstić information content (AvgIpc) is 2.62. The molecule has 1 N–H and O–H groups in total. The first kappa shape index (κ1) is 11.2. The lowest BCUT2D eigenvalue weighted by Crippen LogP contribution is -2.61. The Morgan fingerprint density at radius 2 is 2.20 bits per heavy atom. The molecule has 2 heteroatoms. The molecular weight excluding hydrogens is 186 g/mol. The van der Waals surface area contributed by atoms with Crippen molar-refractivity contribution in [1.29, 1.82) is 0 Å². The van der Waals surface area contributed by atoms with Crippen LogP contribution < -0.4 is 5.32 Å². The normalized spacial score (nSPS) is 27.3. The van der Waals surface area contributed by atoms with Crippen molar-refractivity contribution in [3.05, 3.63) is 11.6 Å². The lowest BCUT2D eigenvalue weighted by molar-refractivity contribution is -0.0568. The van der Waals surface area contributed by atoms with E-state index in [4.69, 9.17) is 4.74 Å². The molecule has 0 aromatic heterocycles. The quantitative estimate of drug-likeness (QED) is 0.718. The van der Waals surface area contributed by atoms with Crippen molar-refractivity contribution in [2.45, 2.75) is 45.6 Å². The largest absolute Gasteiger partial charge is 0.377 e. The van der Waals surface area contributed by atoms with Crippen LogP contribution in [-0.4, -0.2) is 25.3 Å². The monoisotopic (exact) mass is 209 g/mol. The Bertz CT molecular complexity index is 268. The van der Waals surface area contributed by atoms with Crippen molar-refractivity contribution in [3.8, 4) is 0 Å². The molecule has 0 aromatic carbocycles. The summed E-state index contributed by atoms with van der Waals surface area (Å²) in [5.41, 5.74) is 2.20. The van der Waals surface area contributed by atoms with Gasteiger partial charge in [0.25, 0.3) is 0 Å². The SMILES string of the molecule is CCCC(C)(CC)C1=CCNC12COC2. The van der Waals surface area contributed by atoms with E-state index < -0.39 is 0 Å². The van der Waals surface area contributed by atoms with Crippen LogP contribution in [0.3, 0.4) is 0 Å². The Hall–Kier alpha value is -0.340. The average molecular weight is 209 g/mol. The molecule has 1 unspecified atom stereocenters. The summed E-state index contributed by atoms with van der Waals surface area (Å²) in [6.07, 6.45) is 6.19. The molecule has 0 bridgehead atoms. The van der Waals surface area contributed by atoms with Gasteiger partial charge in [-0.25, -0.2) is 0 Å². The van der Waals surface area contributed by atoms with Gasteiger partial charge in [0.15, 0.2) is 0 Å². The van der Waals surface area contributed by atoms with E-state index in [2.05, 4.69) is 32.2 Å². The Morgan fingerprint density at radius 3 is 2.67 bits per heavy atom. The molecule has 15 heavy (non-hydrogen) atoms. The first-order valence-electron chi connectivity index (χ1n) is 6.21. The van der Waals surface area contributed by atoms with Crippen LogP contribution in [0.2, 0.25) is 0 Å². The van der Waals surface area contributed by atoms with Gasteiger partial charge in [-0.2, -0.15) is 0 Å². The molecule has 1 atom stereocenters. The second-order valence-corrected chi connectivity index (χ2v) is 5.24. The standard InChI is InChI=1S/C13H23NO/c1-4-7-12(3,5-2)11-6-8-14-13(11)9-15-10-13/h6,14H,4-5,7-10H2,1-3H3. The minimum Gasteiger partial charge on any atom is -0.377 e. The molecular formula is C13H23NO. The van der Waals surface area contributed by atoms with Gasteiger partial charge in [0.05, 0.1) is 18.8 Å². The van der Waals surface area contributed by atoms with Gasteiger partial charge in [-0.05, 0) is 23.8 Å². The number of rotatable bonds is 4. The minimum absolute atomic E-state index is 0.208. The van der Waals surface area contributed by atoms with E-state index in [-0.39, 0.29) is 5.54 Å². The number of ether oxygens (including phenoxy) is 1. The van der Waals surface area contributed by atoms with E-state index in [1.54, 1.807) is 5.57 Å². The van der Waals surface area contributed by atoms with Gasteiger partial charge >= 0.3 is 0 Å². The van der Waals surface area contributed by atoms with Crippen LogP contribution >= 0.6 is 0 Å². The van der Waals surface area contributed by atoms with E-state index in [0.29, 0.717) is 5.41 Å². The van der Waals surface area contributed by atoms with Crippen molar-refractivity contribution >= 4 is 0 Å². The molecule has 0 aliphatic carbocycles. The highest BCUT2D eigenvalue weighted by atomic mass is 16.5. The molecule has 0 aromatic rings. The smallest absolute Gasteiger partial charge is 0.0876 e. The molecule has 1 fully saturated rings. The van der Waals surface area contributed by atoms with Crippen molar-refractivity contribution in [3.63, 3.8) is 0 Å². The van der Waals surface area contributed by atoms with Gasteiger partial charge in [-0.1, -0.05) is 33.3 Å². The molecule has 2 heterocycles. The summed E-state index contributed by atoms with van der Waals surface area (Å²) in [5.74, 6) is 0. The van der Waals surface area contributed by atoms with Crippen molar-refractivity contribution in [2.24, 2.45) is 5.41 Å². The van der Waals surface area contributed by atoms with Crippen LogP contribution in [0.5, 0.6) is 0 Å². The van der Waals surface area contributed by atoms with Crippen molar-refractivity contribution in [2.75, 3.05) is 19.8 Å².